The highest BCUT2D eigenvalue weighted by molar-refractivity contribution is 5.31. The lowest BCUT2D eigenvalue weighted by molar-refractivity contribution is -0.0778. The van der Waals surface area contributed by atoms with Crippen molar-refractivity contribution in [1.29, 1.82) is 0 Å². The summed E-state index contributed by atoms with van der Waals surface area (Å²) in [7, 11) is 0. The maximum Gasteiger partial charge on any atom is 0.126 e. The zero-order valence-electron chi connectivity index (χ0n) is 10.1. The predicted octanol–water partition coefficient (Wildman–Crippen LogP) is 3.40. The maximum absolute atomic E-state index is 13.2. The van der Waals surface area contributed by atoms with Crippen LogP contribution in [-0.4, -0.2) is 11.2 Å². The monoisotopic (exact) mass is 222 g/mol. The van der Waals surface area contributed by atoms with Gasteiger partial charge in [0.05, 0.1) is 6.10 Å². The third-order valence-corrected chi connectivity index (χ3v) is 4.36. The largest absolute Gasteiger partial charge is 0.393 e. The Bertz CT molecular complexity index is 402. The van der Waals surface area contributed by atoms with Crippen molar-refractivity contribution in [1.82, 2.24) is 0 Å². The molecule has 1 N–H and O–H groups in total. The van der Waals surface area contributed by atoms with Crippen LogP contribution in [0.4, 0.5) is 4.39 Å². The summed E-state index contributed by atoms with van der Waals surface area (Å²) in [5.74, 6) is 0.216. The lowest BCUT2D eigenvalue weighted by atomic mass is 9.55. The van der Waals surface area contributed by atoms with Gasteiger partial charge in [0.15, 0.2) is 0 Å². The van der Waals surface area contributed by atoms with E-state index in [1.165, 1.54) is 6.07 Å². The van der Waals surface area contributed by atoms with E-state index in [4.69, 9.17) is 0 Å². The lowest BCUT2D eigenvalue weighted by Crippen LogP contribution is -2.49. The summed E-state index contributed by atoms with van der Waals surface area (Å²) in [6, 6.07) is 5.30. The van der Waals surface area contributed by atoms with Crippen molar-refractivity contribution in [2.24, 2.45) is 5.41 Å². The number of aryl methyl sites for hydroxylation is 1. The van der Waals surface area contributed by atoms with Crippen LogP contribution in [0, 0.1) is 18.2 Å². The molecule has 0 radical (unpaired) electrons. The van der Waals surface area contributed by atoms with Crippen LogP contribution < -0.4 is 0 Å². The van der Waals surface area contributed by atoms with Crippen molar-refractivity contribution < 1.29 is 9.50 Å². The van der Waals surface area contributed by atoms with Crippen LogP contribution in [-0.2, 0) is 0 Å². The Morgan fingerprint density at radius 3 is 2.69 bits per heavy atom. The molecule has 1 aromatic rings. The number of rotatable bonds is 2. The molecule has 0 heterocycles. The Hall–Kier alpha value is -0.890. The number of benzene rings is 1. The first-order valence-electron chi connectivity index (χ1n) is 5.93. The molecule has 0 spiro atoms. The Morgan fingerprint density at radius 2 is 2.19 bits per heavy atom. The van der Waals surface area contributed by atoms with E-state index in [1.54, 1.807) is 6.92 Å². The number of hydrogen-bond donors (Lipinski definition) is 1. The number of halogens is 1. The van der Waals surface area contributed by atoms with E-state index in [0.717, 1.165) is 18.4 Å². The second-order valence-electron chi connectivity index (χ2n) is 5.17. The van der Waals surface area contributed by atoms with Gasteiger partial charge in [0, 0.05) is 5.41 Å². The molecule has 2 heteroatoms. The van der Waals surface area contributed by atoms with E-state index in [9.17, 15) is 9.50 Å². The first kappa shape index (κ1) is 11.6. The average Bonchev–Trinajstić information content (AvgIpc) is 2.28. The predicted molar refractivity (Wildman–Crippen MR) is 62.9 cm³/mol. The zero-order chi connectivity index (χ0) is 11.9. The first-order chi connectivity index (χ1) is 7.49. The van der Waals surface area contributed by atoms with Crippen molar-refractivity contribution in [3.8, 4) is 0 Å². The van der Waals surface area contributed by atoms with Crippen LogP contribution in [0.2, 0.25) is 0 Å². The molecule has 0 amide bonds. The van der Waals surface area contributed by atoms with Crippen LogP contribution in [0.15, 0.2) is 18.2 Å². The molecule has 1 aromatic carbocycles. The molecule has 0 aliphatic heterocycles. The van der Waals surface area contributed by atoms with Gasteiger partial charge in [-0.05, 0) is 42.9 Å². The van der Waals surface area contributed by atoms with Gasteiger partial charge in [0.1, 0.15) is 5.82 Å². The molecule has 1 saturated carbocycles. The normalized spacial score (nSPS) is 33.6. The van der Waals surface area contributed by atoms with Crippen LogP contribution in [0.25, 0.3) is 0 Å². The van der Waals surface area contributed by atoms with E-state index in [0.29, 0.717) is 11.5 Å². The van der Waals surface area contributed by atoms with Crippen molar-refractivity contribution in [2.45, 2.75) is 45.6 Å². The number of aliphatic hydroxyl groups excluding tert-OH is 1. The first-order valence-corrected chi connectivity index (χ1v) is 5.93. The van der Waals surface area contributed by atoms with Gasteiger partial charge in [-0.25, -0.2) is 4.39 Å². The second-order valence-corrected chi connectivity index (χ2v) is 5.17. The fourth-order valence-corrected chi connectivity index (χ4v) is 2.72. The van der Waals surface area contributed by atoms with E-state index in [2.05, 4.69) is 13.8 Å². The van der Waals surface area contributed by atoms with Crippen molar-refractivity contribution in [3.63, 3.8) is 0 Å². The molecule has 0 bridgehead atoms. The highest BCUT2D eigenvalue weighted by Gasteiger charge is 2.49. The van der Waals surface area contributed by atoms with Gasteiger partial charge in [-0.3, -0.25) is 0 Å². The molecule has 2 rings (SSSR count). The van der Waals surface area contributed by atoms with Crippen LogP contribution in [0.3, 0.4) is 0 Å². The molecule has 0 saturated heterocycles. The van der Waals surface area contributed by atoms with Gasteiger partial charge in [0.2, 0.25) is 0 Å². The highest BCUT2D eigenvalue weighted by atomic mass is 19.1. The fraction of sp³-hybridized carbons (Fsp3) is 0.571. The van der Waals surface area contributed by atoms with Gasteiger partial charge in [-0.2, -0.15) is 0 Å². The molecule has 3 unspecified atom stereocenters. The quantitative estimate of drug-likeness (QED) is 0.813. The van der Waals surface area contributed by atoms with Crippen molar-refractivity contribution in [2.75, 3.05) is 0 Å². The highest BCUT2D eigenvalue weighted by Crippen LogP contribution is 2.54. The third-order valence-electron chi connectivity index (χ3n) is 4.36. The van der Waals surface area contributed by atoms with Crippen LogP contribution >= 0.6 is 0 Å². The molecule has 16 heavy (non-hydrogen) atoms. The molecular weight excluding hydrogens is 203 g/mol. The number of hydrogen-bond acceptors (Lipinski definition) is 1. The van der Waals surface area contributed by atoms with E-state index in [-0.39, 0.29) is 17.3 Å². The lowest BCUT2D eigenvalue weighted by Gasteiger charge is -2.51. The molecular formula is C14H19FO. The van der Waals surface area contributed by atoms with Crippen molar-refractivity contribution >= 4 is 0 Å². The van der Waals surface area contributed by atoms with Gasteiger partial charge in [0.25, 0.3) is 0 Å². The Labute approximate surface area is 96.3 Å². The van der Waals surface area contributed by atoms with Gasteiger partial charge >= 0.3 is 0 Å². The zero-order valence-corrected chi connectivity index (χ0v) is 10.1. The maximum atomic E-state index is 13.2. The molecule has 1 fully saturated rings. The molecule has 0 aromatic heterocycles. The summed E-state index contributed by atoms with van der Waals surface area (Å²) in [4.78, 5) is 0. The Morgan fingerprint density at radius 1 is 1.50 bits per heavy atom. The summed E-state index contributed by atoms with van der Waals surface area (Å²) in [5, 5.41) is 9.85. The molecule has 1 nitrogen and oxygen atoms in total. The average molecular weight is 222 g/mol. The topological polar surface area (TPSA) is 20.2 Å². The van der Waals surface area contributed by atoms with E-state index >= 15 is 0 Å². The summed E-state index contributed by atoms with van der Waals surface area (Å²) < 4.78 is 13.2. The van der Waals surface area contributed by atoms with E-state index < -0.39 is 0 Å². The van der Waals surface area contributed by atoms with Crippen LogP contribution in [0.5, 0.6) is 0 Å². The van der Waals surface area contributed by atoms with Gasteiger partial charge in [-0.15, -0.1) is 0 Å². The molecule has 1 aliphatic carbocycles. The molecule has 3 atom stereocenters. The fourth-order valence-electron chi connectivity index (χ4n) is 2.72. The molecule has 1 aliphatic rings. The van der Waals surface area contributed by atoms with Gasteiger partial charge < -0.3 is 5.11 Å². The van der Waals surface area contributed by atoms with E-state index in [1.807, 2.05) is 12.1 Å². The molecule has 88 valence electrons. The van der Waals surface area contributed by atoms with Crippen LogP contribution in [0.1, 0.15) is 43.7 Å². The summed E-state index contributed by atoms with van der Waals surface area (Å²) in [5.41, 5.74) is 1.82. The summed E-state index contributed by atoms with van der Waals surface area (Å²) >= 11 is 0. The Kier molecular flexibility index (Phi) is 2.79. The Balaban J connectivity index is 2.29. The smallest absolute Gasteiger partial charge is 0.126 e. The minimum Gasteiger partial charge on any atom is -0.393 e. The van der Waals surface area contributed by atoms with Gasteiger partial charge in [-0.1, -0.05) is 26.0 Å². The standard InChI is InChI=1S/C14H19FO/c1-4-14(3)11(8-13(14)16)10-5-6-12(15)9(2)7-10/h5-7,11,13,16H,4,8H2,1-3H3. The second kappa shape index (κ2) is 3.85. The van der Waals surface area contributed by atoms with Crippen molar-refractivity contribution in [3.05, 3.63) is 35.1 Å². The minimum atomic E-state index is -0.215. The number of aliphatic hydroxyl groups is 1. The third kappa shape index (κ3) is 1.56. The summed E-state index contributed by atoms with van der Waals surface area (Å²) in [6.45, 7) is 6.01. The summed E-state index contributed by atoms with van der Waals surface area (Å²) in [6.07, 6.45) is 1.54. The minimum absolute atomic E-state index is 0.0374. The SMILES string of the molecule is CCC1(C)C(O)CC1c1ccc(F)c(C)c1.